The number of nitrogens with one attached hydrogen (secondary N) is 1. The van der Waals surface area contributed by atoms with E-state index in [0.717, 1.165) is 44.5 Å². The highest BCUT2D eigenvalue weighted by Gasteiger charge is 2.33. The zero-order chi connectivity index (χ0) is 22.6. The molecule has 2 aromatic rings. The van der Waals surface area contributed by atoms with Gasteiger partial charge in [0.15, 0.2) is 0 Å². The van der Waals surface area contributed by atoms with E-state index < -0.39 is 10.0 Å². The molecule has 1 aliphatic heterocycles. The molecule has 2 N–H and O–H groups in total. The summed E-state index contributed by atoms with van der Waals surface area (Å²) in [7, 11) is -3.28. The Bertz CT molecular complexity index is 978. The van der Waals surface area contributed by atoms with Crippen LogP contribution in [0.2, 0.25) is 0 Å². The number of piperidine rings is 1. The second kappa shape index (κ2) is 10.2. The van der Waals surface area contributed by atoms with Gasteiger partial charge in [-0.15, -0.1) is 0 Å². The monoisotopic (exact) mass is 459 g/mol. The molecule has 2 atom stereocenters. The van der Waals surface area contributed by atoms with Crippen molar-refractivity contribution in [2.24, 2.45) is 5.92 Å². The van der Waals surface area contributed by atoms with Crippen LogP contribution in [0.15, 0.2) is 48.7 Å². The minimum atomic E-state index is -3.28. The topological polar surface area (TPSA) is 91.8 Å². The normalized spacial score (nSPS) is 26.7. The van der Waals surface area contributed by atoms with Crippen molar-refractivity contribution in [2.75, 3.05) is 30.9 Å². The van der Waals surface area contributed by atoms with Gasteiger partial charge >= 0.3 is 0 Å². The first-order valence-corrected chi connectivity index (χ1v) is 13.3. The van der Waals surface area contributed by atoms with Gasteiger partial charge in [-0.25, -0.2) is 18.1 Å². The largest absolute Gasteiger partial charge is 0.508 e. The Balaban J connectivity index is 1.34. The van der Waals surface area contributed by atoms with Gasteiger partial charge in [-0.2, -0.15) is 0 Å². The van der Waals surface area contributed by atoms with E-state index >= 15 is 0 Å². The smallest absolute Gasteiger partial charge is 0.208 e. The Kier molecular flexibility index (Phi) is 7.33. The first-order chi connectivity index (χ1) is 15.4. The Hall–Kier alpha value is -2.16. The van der Waals surface area contributed by atoms with Gasteiger partial charge in [0.2, 0.25) is 10.0 Å². The average Bonchev–Trinajstić information content (AvgIpc) is 2.78. The summed E-state index contributed by atoms with van der Waals surface area (Å²) in [5, 5.41) is 9.75. The zero-order valence-corrected chi connectivity index (χ0v) is 19.4. The minimum Gasteiger partial charge on any atom is -0.508 e. The molecule has 4 rings (SSSR count). The highest BCUT2D eigenvalue weighted by Crippen LogP contribution is 2.35. The molecule has 174 valence electrons. The van der Waals surface area contributed by atoms with Gasteiger partial charge in [-0.3, -0.25) is 0 Å². The van der Waals surface area contributed by atoms with E-state index in [1.54, 1.807) is 12.3 Å². The lowest BCUT2D eigenvalue weighted by atomic mass is 9.82. The van der Waals surface area contributed by atoms with Gasteiger partial charge in [-0.05, 0) is 67.9 Å². The molecule has 1 saturated heterocycles. The van der Waals surface area contributed by atoms with Crippen LogP contribution in [0.3, 0.4) is 0 Å². The number of hydrogen-bond donors (Lipinski definition) is 2. The number of rotatable bonds is 7. The lowest BCUT2D eigenvalue weighted by Gasteiger charge is -2.40. The lowest BCUT2D eigenvalue weighted by molar-refractivity contribution is -0.00214. The number of phenolic OH excluding ortho intramolecular Hbond substituents is 1. The van der Waals surface area contributed by atoms with E-state index in [1.807, 2.05) is 30.3 Å². The third kappa shape index (κ3) is 6.21. The number of aromatic hydroxyl groups is 1. The number of benzene rings is 1. The number of nitrogens with zero attached hydrogens (tertiary/aromatic N) is 2. The maximum Gasteiger partial charge on any atom is 0.208 e. The predicted octanol–water partition coefficient (Wildman–Crippen LogP) is 3.27. The molecule has 0 amide bonds. The van der Waals surface area contributed by atoms with Crippen LogP contribution < -0.4 is 9.62 Å². The van der Waals surface area contributed by atoms with Gasteiger partial charge in [0.05, 0.1) is 19.0 Å². The van der Waals surface area contributed by atoms with Gasteiger partial charge in [0.1, 0.15) is 11.6 Å². The summed E-state index contributed by atoms with van der Waals surface area (Å²) >= 11 is 0. The van der Waals surface area contributed by atoms with Crippen LogP contribution in [0.5, 0.6) is 5.75 Å². The second-order valence-electron chi connectivity index (χ2n) is 9.08. The fraction of sp³-hybridized carbons (Fsp3) is 0.542. The number of pyridine rings is 1. The highest BCUT2D eigenvalue weighted by molar-refractivity contribution is 7.88. The molecule has 1 aromatic carbocycles. The first kappa shape index (κ1) is 23.0. The lowest BCUT2D eigenvalue weighted by Crippen LogP contribution is -2.52. The Morgan fingerprint density at radius 2 is 1.94 bits per heavy atom. The quantitative estimate of drug-likeness (QED) is 0.660. The van der Waals surface area contributed by atoms with Crippen molar-refractivity contribution in [3.63, 3.8) is 0 Å². The number of ether oxygens (including phenoxy) is 1. The molecule has 32 heavy (non-hydrogen) atoms. The number of aromatic nitrogens is 1. The molecule has 0 unspecified atom stereocenters. The van der Waals surface area contributed by atoms with Crippen molar-refractivity contribution in [3.05, 3.63) is 54.2 Å². The standard InChI is InChI=1S/C24H33N3O4S/c1-32(29,30)26-23-12-14-27(24-7-2-3-13-25-24)16-20(23)17-31-22-10-8-18(9-11-22)19-5-4-6-21(28)15-19/h2-7,13,15,18,20,22-23,26,28H,8-12,14,16-17H2,1H3/t18?,20-,22?,23-/m0/s1. The molecule has 2 heterocycles. The van der Waals surface area contributed by atoms with Crippen molar-refractivity contribution in [2.45, 2.75) is 50.2 Å². The number of phenols is 1. The van der Waals surface area contributed by atoms with E-state index in [4.69, 9.17) is 4.74 Å². The predicted molar refractivity (Wildman–Crippen MR) is 125 cm³/mol. The van der Waals surface area contributed by atoms with E-state index in [0.29, 0.717) is 24.8 Å². The van der Waals surface area contributed by atoms with Crippen molar-refractivity contribution >= 4 is 15.8 Å². The van der Waals surface area contributed by atoms with Crippen molar-refractivity contribution in [1.29, 1.82) is 0 Å². The summed E-state index contributed by atoms with van der Waals surface area (Å²) in [5.74, 6) is 1.75. The Morgan fingerprint density at radius 1 is 1.12 bits per heavy atom. The van der Waals surface area contributed by atoms with Crippen LogP contribution in [-0.2, 0) is 14.8 Å². The van der Waals surface area contributed by atoms with Crippen molar-refractivity contribution < 1.29 is 18.3 Å². The highest BCUT2D eigenvalue weighted by atomic mass is 32.2. The Morgan fingerprint density at radius 3 is 2.62 bits per heavy atom. The minimum absolute atomic E-state index is 0.0595. The molecule has 1 aromatic heterocycles. The van der Waals surface area contributed by atoms with Crippen LogP contribution in [0.1, 0.15) is 43.6 Å². The summed E-state index contributed by atoms with van der Waals surface area (Å²) in [4.78, 5) is 6.67. The molecule has 2 aliphatic rings. The van der Waals surface area contributed by atoms with Crippen LogP contribution >= 0.6 is 0 Å². The number of hydrogen-bond acceptors (Lipinski definition) is 6. The molecule has 8 heteroatoms. The molecule has 1 aliphatic carbocycles. The van der Waals surface area contributed by atoms with Crippen LogP contribution in [0.25, 0.3) is 0 Å². The molecule has 1 saturated carbocycles. The van der Waals surface area contributed by atoms with Crippen LogP contribution in [-0.4, -0.2) is 56.6 Å². The third-order valence-corrected chi connectivity index (χ3v) is 7.37. The van der Waals surface area contributed by atoms with Gasteiger partial charge < -0.3 is 14.7 Å². The van der Waals surface area contributed by atoms with E-state index in [9.17, 15) is 13.5 Å². The summed E-state index contributed by atoms with van der Waals surface area (Å²) in [6.45, 7) is 2.00. The SMILES string of the molecule is CS(=O)(=O)N[C@H]1CCN(c2ccccn2)C[C@H]1COC1CCC(c2cccc(O)c2)CC1. The molecule has 2 fully saturated rings. The average molecular weight is 460 g/mol. The molecular formula is C24H33N3O4S. The fourth-order valence-corrected chi connectivity index (χ4v) is 5.84. The summed E-state index contributed by atoms with van der Waals surface area (Å²) in [6.07, 6.45) is 7.93. The first-order valence-electron chi connectivity index (χ1n) is 11.4. The van der Waals surface area contributed by atoms with Crippen molar-refractivity contribution in [1.82, 2.24) is 9.71 Å². The van der Waals surface area contributed by atoms with Gasteiger partial charge in [-0.1, -0.05) is 18.2 Å². The Labute approximate surface area is 190 Å². The van der Waals surface area contributed by atoms with Gasteiger partial charge in [0.25, 0.3) is 0 Å². The summed E-state index contributed by atoms with van der Waals surface area (Å²) < 4.78 is 33.0. The molecule has 0 bridgehead atoms. The van der Waals surface area contributed by atoms with E-state index in [1.165, 1.54) is 11.8 Å². The molecule has 7 nitrogen and oxygen atoms in total. The zero-order valence-electron chi connectivity index (χ0n) is 18.6. The van der Waals surface area contributed by atoms with E-state index in [-0.39, 0.29) is 18.1 Å². The molecule has 0 radical (unpaired) electrons. The second-order valence-corrected chi connectivity index (χ2v) is 10.9. The number of sulfonamides is 1. The van der Waals surface area contributed by atoms with E-state index in [2.05, 4.69) is 20.7 Å². The molecule has 0 spiro atoms. The van der Waals surface area contributed by atoms with Gasteiger partial charge in [0, 0.05) is 31.2 Å². The van der Waals surface area contributed by atoms with Crippen molar-refractivity contribution in [3.8, 4) is 5.75 Å². The number of anilines is 1. The molecular weight excluding hydrogens is 426 g/mol. The van der Waals surface area contributed by atoms with Crippen LogP contribution in [0.4, 0.5) is 5.82 Å². The maximum atomic E-state index is 11.9. The maximum absolute atomic E-state index is 11.9. The summed E-state index contributed by atoms with van der Waals surface area (Å²) in [6, 6.07) is 13.3. The summed E-state index contributed by atoms with van der Waals surface area (Å²) in [5.41, 5.74) is 1.19. The van der Waals surface area contributed by atoms with Crippen LogP contribution in [0, 0.1) is 5.92 Å². The third-order valence-electron chi connectivity index (χ3n) is 6.63. The fourth-order valence-electron chi connectivity index (χ4n) is 4.98.